The number of halogens is 1. The molecule has 0 saturated carbocycles. The standard InChI is InChI=1S/C14H21ClN2O/c1-10-8-16-13(11(2)14(10)18-3)9-17-6-4-5-12(17)7-15/h8,12H,4-7,9H2,1-3H3. The van der Waals surface area contributed by atoms with Crippen LogP contribution in [0.5, 0.6) is 5.75 Å². The van der Waals surface area contributed by atoms with Gasteiger partial charge in [-0.15, -0.1) is 11.6 Å². The summed E-state index contributed by atoms with van der Waals surface area (Å²) in [5.41, 5.74) is 3.35. The molecule has 0 aliphatic carbocycles. The minimum absolute atomic E-state index is 0.500. The molecule has 0 aromatic carbocycles. The van der Waals surface area contributed by atoms with Gasteiger partial charge >= 0.3 is 0 Å². The number of rotatable bonds is 4. The van der Waals surface area contributed by atoms with Crippen LogP contribution in [0.2, 0.25) is 0 Å². The van der Waals surface area contributed by atoms with Gasteiger partial charge in [-0.1, -0.05) is 0 Å². The van der Waals surface area contributed by atoms with Crippen molar-refractivity contribution < 1.29 is 4.74 Å². The molecule has 1 atom stereocenters. The van der Waals surface area contributed by atoms with Crippen molar-refractivity contribution in [1.29, 1.82) is 0 Å². The molecule has 1 unspecified atom stereocenters. The molecule has 18 heavy (non-hydrogen) atoms. The molecule has 1 aliphatic heterocycles. The zero-order chi connectivity index (χ0) is 13.1. The summed E-state index contributed by atoms with van der Waals surface area (Å²) in [4.78, 5) is 6.98. The first-order valence-corrected chi connectivity index (χ1v) is 7.00. The fourth-order valence-electron chi connectivity index (χ4n) is 2.70. The number of hydrogen-bond donors (Lipinski definition) is 0. The van der Waals surface area contributed by atoms with Crippen LogP contribution >= 0.6 is 11.6 Å². The maximum Gasteiger partial charge on any atom is 0.128 e. The van der Waals surface area contributed by atoms with Crippen molar-refractivity contribution in [2.45, 2.75) is 39.3 Å². The van der Waals surface area contributed by atoms with Gasteiger partial charge in [-0.05, 0) is 33.2 Å². The van der Waals surface area contributed by atoms with Gasteiger partial charge < -0.3 is 4.74 Å². The fraction of sp³-hybridized carbons (Fsp3) is 0.643. The number of aromatic nitrogens is 1. The number of hydrogen-bond acceptors (Lipinski definition) is 3. The van der Waals surface area contributed by atoms with Crippen molar-refractivity contribution >= 4 is 11.6 Å². The summed E-state index contributed by atoms with van der Waals surface area (Å²) >= 11 is 6.01. The predicted octanol–water partition coefficient (Wildman–Crippen LogP) is 2.91. The third-order valence-electron chi connectivity index (χ3n) is 3.78. The van der Waals surface area contributed by atoms with Crippen LogP contribution in [0.25, 0.3) is 0 Å². The quantitative estimate of drug-likeness (QED) is 0.785. The molecule has 100 valence electrons. The highest BCUT2D eigenvalue weighted by molar-refractivity contribution is 6.18. The summed E-state index contributed by atoms with van der Waals surface area (Å²) in [6.07, 6.45) is 4.33. The molecule has 2 rings (SSSR count). The zero-order valence-electron chi connectivity index (χ0n) is 11.4. The highest BCUT2D eigenvalue weighted by Gasteiger charge is 2.24. The van der Waals surface area contributed by atoms with E-state index in [0.717, 1.165) is 35.7 Å². The maximum atomic E-state index is 6.01. The average Bonchev–Trinajstić information content (AvgIpc) is 2.81. The lowest BCUT2D eigenvalue weighted by molar-refractivity contribution is 0.258. The Morgan fingerprint density at radius 3 is 2.94 bits per heavy atom. The molecule has 1 fully saturated rings. The maximum absolute atomic E-state index is 6.01. The average molecular weight is 269 g/mol. The van der Waals surface area contributed by atoms with E-state index in [-0.39, 0.29) is 0 Å². The Morgan fingerprint density at radius 1 is 1.50 bits per heavy atom. The van der Waals surface area contributed by atoms with Crippen LogP contribution in [0.4, 0.5) is 0 Å². The monoisotopic (exact) mass is 268 g/mol. The first kappa shape index (κ1) is 13.6. The summed E-state index contributed by atoms with van der Waals surface area (Å²) in [6, 6.07) is 0.500. The molecule has 1 aromatic rings. The van der Waals surface area contributed by atoms with E-state index in [1.54, 1.807) is 7.11 Å². The van der Waals surface area contributed by atoms with E-state index >= 15 is 0 Å². The molecule has 0 N–H and O–H groups in total. The van der Waals surface area contributed by atoms with Crippen molar-refractivity contribution in [3.8, 4) is 5.75 Å². The number of methoxy groups -OCH3 is 1. The summed E-state index contributed by atoms with van der Waals surface area (Å²) in [6.45, 7) is 6.11. The predicted molar refractivity (Wildman–Crippen MR) is 74.4 cm³/mol. The topological polar surface area (TPSA) is 25.4 Å². The van der Waals surface area contributed by atoms with E-state index in [2.05, 4.69) is 16.8 Å². The van der Waals surface area contributed by atoms with E-state index in [0.29, 0.717) is 11.9 Å². The molecule has 3 nitrogen and oxygen atoms in total. The van der Waals surface area contributed by atoms with Crippen molar-refractivity contribution in [2.75, 3.05) is 19.5 Å². The van der Waals surface area contributed by atoms with E-state index in [4.69, 9.17) is 16.3 Å². The molecule has 0 bridgehead atoms. The largest absolute Gasteiger partial charge is 0.496 e. The molecular weight excluding hydrogens is 248 g/mol. The third kappa shape index (κ3) is 2.62. The highest BCUT2D eigenvalue weighted by atomic mass is 35.5. The van der Waals surface area contributed by atoms with Gasteiger partial charge in [0.1, 0.15) is 5.75 Å². The normalized spacial score (nSPS) is 20.3. The second kappa shape index (κ2) is 5.89. The summed E-state index contributed by atoms with van der Waals surface area (Å²) in [5.74, 6) is 1.67. The smallest absolute Gasteiger partial charge is 0.128 e. The van der Waals surface area contributed by atoms with Crippen molar-refractivity contribution in [3.63, 3.8) is 0 Å². The molecule has 4 heteroatoms. The second-order valence-electron chi connectivity index (χ2n) is 4.97. The highest BCUT2D eigenvalue weighted by Crippen LogP contribution is 2.27. The van der Waals surface area contributed by atoms with E-state index < -0.39 is 0 Å². The van der Waals surface area contributed by atoms with Crippen LogP contribution in [-0.4, -0.2) is 35.5 Å². The lowest BCUT2D eigenvalue weighted by atomic mass is 10.1. The zero-order valence-corrected chi connectivity index (χ0v) is 12.1. The number of ether oxygens (including phenoxy) is 1. The number of likely N-dealkylation sites (tertiary alicyclic amines) is 1. The molecule has 0 spiro atoms. The minimum Gasteiger partial charge on any atom is -0.496 e. The fourth-order valence-corrected chi connectivity index (χ4v) is 3.05. The van der Waals surface area contributed by atoms with Crippen LogP contribution in [0, 0.1) is 13.8 Å². The van der Waals surface area contributed by atoms with Gasteiger partial charge in [0.25, 0.3) is 0 Å². The van der Waals surface area contributed by atoms with Gasteiger partial charge in [0.15, 0.2) is 0 Å². The lowest BCUT2D eigenvalue weighted by Crippen LogP contribution is -2.30. The Bertz CT molecular complexity index is 423. The number of alkyl halides is 1. The second-order valence-corrected chi connectivity index (χ2v) is 5.28. The minimum atomic E-state index is 0.500. The number of nitrogens with zero attached hydrogens (tertiary/aromatic N) is 2. The first-order chi connectivity index (χ1) is 8.67. The number of aryl methyl sites for hydroxylation is 1. The molecule has 1 aromatic heterocycles. The summed E-state index contributed by atoms with van der Waals surface area (Å²) in [7, 11) is 1.72. The molecule has 0 amide bonds. The van der Waals surface area contributed by atoms with Gasteiger partial charge in [0, 0.05) is 35.8 Å². The molecule has 1 saturated heterocycles. The molecule has 0 radical (unpaired) electrons. The Balaban J connectivity index is 2.19. The van der Waals surface area contributed by atoms with Gasteiger partial charge in [-0.3, -0.25) is 9.88 Å². The Hall–Kier alpha value is -0.800. The third-order valence-corrected chi connectivity index (χ3v) is 4.14. The van der Waals surface area contributed by atoms with Crippen LogP contribution < -0.4 is 4.74 Å². The van der Waals surface area contributed by atoms with Crippen LogP contribution in [-0.2, 0) is 6.54 Å². The van der Waals surface area contributed by atoms with Crippen LogP contribution in [0.1, 0.15) is 29.7 Å². The van der Waals surface area contributed by atoms with E-state index in [1.165, 1.54) is 12.8 Å². The molecule has 2 heterocycles. The Kier molecular flexibility index (Phi) is 4.46. The number of pyridine rings is 1. The SMILES string of the molecule is COc1c(C)cnc(CN2CCCC2CCl)c1C. The molecular formula is C14H21ClN2O. The Morgan fingerprint density at radius 2 is 2.28 bits per heavy atom. The van der Waals surface area contributed by atoms with E-state index in [9.17, 15) is 0 Å². The lowest BCUT2D eigenvalue weighted by Gasteiger charge is -2.23. The van der Waals surface area contributed by atoms with E-state index in [1.807, 2.05) is 13.1 Å². The molecule has 1 aliphatic rings. The van der Waals surface area contributed by atoms with Crippen molar-refractivity contribution in [2.24, 2.45) is 0 Å². The van der Waals surface area contributed by atoms with Gasteiger partial charge in [-0.25, -0.2) is 0 Å². The van der Waals surface area contributed by atoms with Gasteiger partial charge in [0.2, 0.25) is 0 Å². The van der Waals surface area contributed by atoms with Crippen molar-refractivity contribution in [1.82, 2.24) is 9.88 Å². The first-order valence-electron chi connectivity index (χ1n) is 6.46. The summed E-state index contributed by atoms with van der Waals surface area (Å²) in [5, 5.41) is 0. The Labute approximate surface area is 114 Å². The van der Waals surface area contributed by atoms with Crippen molar-refractivity contribution in [3.05, 3.63) is 23.0 Å². The van der Waals surface area contributed by atoms with Crippen LogP contribution in [0.15, 0.2) is 6.20 Å². The van der Waals surface area contributed by atoms with Crippen LogP contribution in [0.3, 0.4) is 0 Å². The van der Waals surface area contributed by atoms with Gasteiger partial charge in [-0.2, -0.15) is 0 Å². The van der Waals surface area contributed by atoms with Gasteiger partial charge in [0.05, 0.1) is 12.8 Å². The summed E-state index contributed by atoms with van der Waals surface area (Å²) < 4.78 is 5.45.